The maximum Gasteiger partial charge on any atom is 0.287 e. The molecule has 154 valence electrons. The van der Waals surface area contributed by atoms with Gasteiger partial charge in [0, 0.05) is 43.7 Å². The molecule has 0 aromatic heterocycles. The molecule has 1 atom stereocenters. The fourth-order valence-electron chi connectivity index (χ4n) is 3.44. The number of benzene rings is 2. The van der Waals surface area contributed by atoms with E-state index in [9.17, 15) is 14.0 Å². The van der Waals surface area contributed by atoms with Crippen molar-refractivity contribution in [1.82, 2.24) is 10.2 Å². The van der Waals surface area contributed by atoms with E-state index in [1.54, 1.807) is 18.2 Å². The van der Waals surface area contributed by atoms with Gasteiger partial charge in [-0.3, -0.25) is 14.5 Å². The van der Waals surface area contributed by atoms with Gasteiger partial charge in [0.2, 0.25) is 5.78 Å². The largest absolute Gasteiger partial charge is 0.484 e. The molecule has 0 bridgehead atoms. The first-order valence-electron chi connectivity index (χ1n) is 9.96. The number of nitrogens with one attached hydrogen (secondary N) is 1. The van der Waals surface area contributed by atoms with Crippen LogP contribution < -0.4 is 10.1 Å². The number of halogens is 1. The standard InChI is InChI=1S/C23H27FN2O3/c1-16(2)13-20(27)23(28)25-11-12-26-14-17-7-3-6-10-21(17)29-22(15-26)18-8-4-5-9-19(18)24/h3-10,16,22H,11-15H2,1-2H3,(H,25,28). The number of ether oxygens (including phenoxy) is 1. The fourth-order valence-corrected chi connectivity index (χ4v) is 3.44. The van der Waals surface area contributed by atoms with Crippen molar-refractivity contribution in [3.63, 3.8) is 0 Å². The molecule has 0 fully saturated rings. The van der Waals surface area contributed by atoms with Crippen LogP contribution in [0.15, 0.2) is 48.5 Å². The minimum Gasteiger partial charge on any atom is -0.484 e. The Morgan fingerprint density at radius 1 is 1.17 bits per heavy atom. The van der Waals surface area contributed by atoms with E-state index < -0.39 is 17.8 Å². The highest BCUT2D eigenvalue weighted by molar-refractivity contribution is 6.36. The van der Waals surface area contributed by atoms with E-state index in [1.807, 2.05) is 38.1 Å². The van der Waals surface area contributed by atoms with Crippen molar-refractivity contribution in [1.29, 1.82) is 0 Å². The Kier molecular flexibility index (Phi) is 6.99. The highest BCUT2D eigenvalue weighted by Crippen LogP contribution is 2.31. The van der Waals surface area contributed by atoms with Crippen molar-refractivity contribution in [3.05, 3.63) is 65.5 Å². The van der Waals surface area contributed by atoms with E-state index in [2.05, 4.69) is 10.2 Å². The Morgan fingerprint density at radius 3 is 2.66 bits per heavy atom. The summed E-state index contributed by atoms with van der Waals surface area (Å²) >= 11 is 0. The minimum absolute atomic E-state index is 0.147. The van der Waals surface area contributed by atoms with Crippen LogP contribution in [0, 0.1) is 11.7 Å². The van der Waals surface area contributed by atoms with Crippen LogP contribution >= 0.6 is 0 Å². The lowest BCUT2D eigenvalue weighted by atomic mass is 10.1. The predicted molar refractivity (Wildman–Crippen MR) is 109 cm³/mol. The summed E-state index contributed by atoms with van der Waals surface area (Å²) in [6, 6.07) is 14.3. The smallest absolute Gasteiger partial charge is 0.287 e. The van der Waals surface area contributed by atoms with E-state index in [0.717, 1.165) is 11.3 Å². The lowest BCUT2D eigenvalue weighted by Crippen LogP contribution is -2.39. The van der Waals surface area contributed by atoms with Gasteiger partial charge in [0.05, 0.1) is 0 Å². The highest BCUT2D eigenvalue weighted by Gasteiger charge is 2.26. The van der Waals surface area contributed by atoms with Gasteiger partial charge in [-0.2, -0.15) is 0 Å². The number of ketones is 1. The molecule has 6 heteroatoms. The fraction of sp³-hybridized carbons (Fsp3) is 0.391. The molecular formula is C23H27FN2O3. The van der Waals surface area contributed by atoms with Gasteiger partial charge in [-0.1, -0.05) is 50.2 Å². The summed E-state index contributed by atoms with van der Waals surface area (Å²) < 4.78 is 20.5. The first kappa shape index (κ1) is 21.0. The van der Waals surface area contributed by atoms with E-state index in [0.29, 0.717) is 31.7 Å². The number of Topliss-reactive ketones (excluding diaryl/α,β-unsaturated/α-hetero) is 1. The van der Waals surface area contributed by atoms with Crippen molar-refractivity contribution < 1.29 is 18.7 Å². The second-order valence-corrected chi connectivity index (χ2v) is 7.75. The van der Waals surface area contributed by atoms with Crippen molar-refractivity contribution >= 4 is 11.7 Å². The van der Waals surface area contributed by atoms with Gasteiger partial charge in [-0.15, -0.1) is 0 Å². The van der Waals surface area contributed by atoms with E-state index in [4.69, 9.17) is 4.74 Å². The molecule has 5 nitrogen and oxygen atoms in total. The third-order valence-electron chi connectivity index (χ3n) is 4.87. The van der Waals surface area contributed by atoms with Crippen molar-refractivity contribution in [3.8, 4) is 5.75 Å². The van der Waals surface area contributed by atoms with Crippen molar-refractivity contribution in [2.24, 2.45) is 5.92 Å². The summed E-state index contributed by atoms with van der Waals surface area (Å²) in [5.74, 6) is -0.359. The Morgan fingerprint density at radius 2 is 1.90 bits per heavy atom. The van der Waals surface area contributed by atoms with Gasteiger partial charge in [-0.25, -0.2) is 4.39 Å². The second kappa shape index (κ2) is 9.65. The number of nitrogens with zero attached hydrogens (tertiary/aromatic N) is 1. The first-order valence-corrected chi connectivity index (χ1v) is 9.96. The lowest BCUT2D eigenvalue weighted by Gasteiger charge is -2.24. The molecule has 1 unspecified atom stereocenters. The van der Waals surface area contributed by atoms with Crippen LogP contribution in [-0.2, 0) is 16.1 Å². The van der Waals surface area contributed by atoms with Crippen LogP contribution in [0.5, 0.6) is 5.75 Å². The van der Waals surface area contributed by atoms with Crippen molar-refractivity contribution in [2.45, 2.75) is 32.9 Å². The molecule has 0 saturated heterocycles. The number of hydrogen-bond donors (Lipinski definition) is 1. The summed E-state index contributed by atoms with van der Waals surface area (Å²) in [6.45, 7) is 5.78. The zero-order valence-electron chi connectivity index (χ0n) is 16.9. The zero-order valence-corrected chi connectivity index (χ0v) is 16.9. The summed E-state index contributed by atoms with van der Waals surface area (Å²) in [6.07, 6.45) is -0.218. The average Bonchev–Trinajstić information content (AvgIpc) is 2.86. The molecule has 0 spiro atoms. The molecule has 2 aromatic rings. The number of amides is 1. The molecule has 29 heavy (non-hydrogen) atoms. The molecule has 2 aromatic carbocycles. The van der Waals surface area contributed by atoms with Crippen molar-refractivity contribution in [2.75, 3.05) is 19.6 Å². The second-order valence-electron chi connectivity index (χ2n) is 7.75. The molecule has 0 aliphatic carbocycles. The Balaban J connectivity index is 1.69. The number of carbonyl (C=O) groups is 2. The van der Waals surface area contributed by atoms with Crippen LogP contribution in [0.2, 0.25) is 0 Å². The van der Waals surface area contributed by atoms with Crippen LogP contribution in [0.25, 0.3) is 0 Å². The molecule has 0 radical (unpaired) electrons. The number of carbonyl (C=O) groups excluding carboxylic acids is 2. The zero-order chi connectivity index (χ0) is 20.8. The average molecular weight is 398 g/mol. The van der Waals surface area contributed by atoms with E-state index >= 15 is 0 Å². The Labute approximate surface area is 170 Å². The van der Waals surface area contributed by atoms with Crippen LogP contribution in [0.4, 0.5) is 4.39 Å². The number of para-hydroxylation sites is 1. The van der Waals surface area contributed by atoms with Gasteiger partial charge >= 0.3 is 0 Å². The molecule has 1 amide bonds. The van der Waals surface area contributed by atoms with Gasteiger partial charge in [0.15, 0.2) is 0 Å². The SMILES string of the molecule is CC(C)CC(=O)C(=O)NCCN1Cc2ccccc2OC(c2ccccc2F)C1. The van der Waals surface area contributed by atoms with Crippen LogP contribution in [-0.4, -0.2) is 36.2 Å². The van der Waals surface area contributed by atoms with E-state index in [-0.39, 0.29) is 18.2 Å². The quantitative estimate of drug-likeness (QED) is 0.726. The Bertz CT molecular complexity index is 869. The Hall–Kier alpha value is -2.73. The first-order chi connectivity index (χ1) is 13.9. The number of rotatable bonds is 7. The van der Waals surface area contributed by atoms with Gasteiger partial charge in [0.1, 0.15) is 17.7 Å². The maximum atomic E-state index is 14.4. The van der Waals surface area contributed by atoms with Gasteiger partial charge in [0.25, 0.3) is 5.91 Å². The summed E-state index contributed by atoms with van der Waals surface area (Å²) in [7, 11) is 0. The van der Waals surface area contributed by atoms with Gasteiger partial charge in [-0.05, 0) is 18.1 Å². The third-order valence-corrected chi connectivity index (χ3v) is 4.87. The predicted octanol–water partition coefficient (Wildman–Crippen LogP) is 3.49. The molecule has 0 saturated carbocycles. The highest BCUT2D eigenvalue weighted by atomic mass is 19.1. The lowest BCUT2D eigenvalue weighted by molar-refractivity contribution is -0.138. The molecule has 1 aliphatic rings. The summed E-state index contributed by atoms with van der Waals surface area (Å²) in [5.41, 5.74) is 1.51. The number of hydrogen-bond acceptors (Lipinski definition) is 4. The van der Waals surface area contributed by atoms with Crippen LogP contribution in [0.1, 0.15) is 37.5 Å². The maximum absolute atomic E-state index is 14.4. The molecule has 1 heterocycles. The van der Waals surface area contributed by atoms with Crippen LogP contribution in [0.3, 0.4) is 0 Å². The molecule has 1 aliphatic heterocycles. The molecule has 1 N–H and O–H groups in total. The molecular weight excluding hydrogens is 371 g/mol. The van der Waals surface area contributed by atoms with Gasteiger partial charge < -0.3 is 10.1 Å². The summed E-state index contributed by atoms with van der Waals surface area (Å²) in [5, 5.41) is 2.70. The monoisotopic (exact) mass is 398 g/mol. The molecule has 3 rings (SSSR count). The minimum atomic E-state index is -0.546. The topological polar surface area (TPSA) is 58.6 Å². The normalized spacial score (nSPS) is 16.6. The number of fused-ring (bicyclic) bond motifs is 1. The summed E-state index contributed by atoms with van der Waals surface area (Å²) in [4.78, 5) is 25.9. The van der Waals surface area contributed by atoms with E-state index in [1.165, 1.54) is 6.07 Å². The third kappa shape index (κ3) is 5.64.